The minimum absolute atomic E-state index is 0.0501. The van der Waals surface area contributed by atoms with Crippen molar-refractivity contribution in [3.8, 4) is 0 Å². The first-order valence-electron chi connectivity index (χ1n) is 6.78. The molecule has 0 aromatic heterocycles. The molecule has 0 saturated heterocycles. The number of hydrogen-bond donors (Lipinski definition) is 1. The molecule has 0 radical (unpaired) electrons. The number of unbranched alkanes of at least 4 members (excludes halogenated alkanes) is 2. The first kappa shape index (κ1) is 17.3. The molecule has 0 saturated carbocycles. The van der Waals surface area contributed by atoms with E-state index in [-0.39, 0.29) is 5.91 Å². The third-order valence-corrected chi connectivity index (χ3v) is 4.78. The van der Waals surface area contributed by atoms with Crippen molar-refractivity contribution in [2.24, 2.45) is 0 Å². The highest BCUT2D eigenvalue weighted by Crippen LogP contribution is 2.06. The fourth-order valence-corrected chi connectivity index (χ4v) is 3.35. The Balaban J connectivity index is 3.48. The predicted octanol–water partition coefficient (Wildman–Crippen LogP) is 2.14. The fraction of sp³-hybridized carbons (Fsp3) is 0.769. The minimum atomic E-state index is -1.42. The van der Waals surface area contributed by atoms with E-state index in [1.165, 1.54) is 0 Å². The highest BCUT2D eigenvalue weighted by molar-refractivity contribution is 6.44. The summed E-state index contributed by atoms with van der Waals surface area (Å²) in [5, 5.41) is 2.83. The van der Waals surface area contributed by atoms with Crippen molar-refractivity contribution in [3.63, 3.8) is 0 Å². The van der Waals surface area contributed by atoms with Gasteiger partial charge in [0.1, 0.15) is 0 Å². The maximum atomic E-state index is 11.2. The molecule has 0 aromatic rings. The standard InChI is InChI=1S/C13H27NO3Si/c1-5-16-18(17-6-2)11-9-7-8-10-14-13(15)12(3)4/h18H,3,5-11H2,1-2,4H3,(H,14,15). The lowest BCUT2D eigenvalue weighted by Crippen LogP contribution is -2.25. The molecular weight excluding hydrogens is 246 g/mol. The van der Waals surface area contributed by atoms with E-state index in [0.717, 1.165) is 45.1 Å². The van der Waals surface area contributed by atoms with Gasteiger partial charge in [-0.3, -0.25) is 4.79 Å². The summed E-state index contributed by atoms with van der Waals surface area (Å²) < 4.78 is 11.2. The van der Waals surface area contributed by atoms with Crippen molar-refractivity contribution in [3.05, 3.63) is 12.2 Å². The zero-order valence-corrected chi connectivity index (χ0v) is 13.1. The van der Waals surface area contributed by atoms with E-state index in [9.17, 15) is 4.79 Å². The average Bonchev–Trinajstić information content (AvgIpc) is 2.33. The summed E-state index contributed by atoms with van der Waals surface area (Å²) in [7, 11) is -1.42. The lowest BCUT2D eigenvalue weighted by atomic mass is 10.2. The Morgan fingerprint density at radius 3 is 2.28 bits per heavy atom. The topological polar surface area (TPSA) is 47.6 Å². The molecule has 18 heavy (non-hydrogen) atoms. The maximum absolute atomic E-state index is 11.2. The van der Waals surface area contributed by atoms with Gasteiger partial charge in [0, 0.05) is 25.3 Å². The van der Waals surface area contributed by atoms with Gasteiger partial charge in [0.25, 0.3) is 0 Å². The van der Waals surface area contributed by atoms with Crippen LogP contribution in [0.3, 0.4) is 0 Å². The minimum Gasteiger partial charge on any atom is -0.397 e. The molecule has 0 bridgehead atoms. The molecule has 1 N–H and O–H groups in total. The second-order valence-electron chi connectivity index (χ2n) is 4.23. The van der Waals surface area contributed by atoms with Crippen LogP contribution in [0.15, 0.2) is 12.2 Å². The second kappa shape index (κ2) is 11.4. The Kier molecular flexibility index (Phi) is 11.0. The fourth-order valence-electron chi connectivity index (χ4n) is 1.55. The summed E-state index contributed by atoms with van der Waals surface area (Å²) in [6.07, 6.45) is 3.21. The lowest BCUT2D eigenvalue weighted by Gasteiger charge is -2.14. The molecule has 0 rings (SSSR count). The van der Waals surface area contributed by atoms with Gasteiger partial charge in [0.2, 0.25) is 5.91 Å². The van der Waals surface area contributed by atoms with Crippen LogP contribution in [0.4, 0.5) is 0 Å². The SMILES string of the molecule is C=C(C)C(=O)NCCCCC[SiH](OCC)OCC. The summed E-state index contributed by atoms with van der Waals surface area (Å²) in [5.41, 5.74) is 0.565. The lowest BCUT2D eigenvalue weighted by molar-refractivity contribution is -0.117. The zero-order chi connectivity index (χ0) is 13.8. The summed E-state index contributed by atoms with van der Waals surface area (Å²) in [4.78, 5) is 11.2. The Labute approximate surface area is 113 Å². The smallest absolute Gasteiger partial charge is 0.321 e. The van der Waals surface area contributed by atoms with Crippen molar-refractivity contribution in [1.29, 1.82) is 0 Å². The number of hydrogen-bond acceptors (Lipinski definition) is 3. The van der Waals surface area contributed by atoms with Gasteiger partial charge in [-0.1, -0.05) is 19.4 Å². The Morgan fingerprint density at radius 2 is 1.78 bits per heavy atom. The van der Waals surface area contributed by atoms with Crippen molar-refractivity contribution >= 4 is 15.2 Å². The highest BCUT2D eigenvalue weighted by atomic mass is 28.3. The average molecular weight is 273 g/mol. The molecule has 0 spiro atoms. The van der Waals surface area contributed by atoms with Crippen LogP contribution in [0.1, 0.15) is 40.0 Å². The van der Waals surface area contributed by atoms with Gasteiger partial charge in [0.15, 0.2) is 0 Å². The van der Waals surface area contributed by atoms with Crippen LogP contribution in [-0.2, 0) is 13.6 Å². The Hall–Kier alpha value is -0.653. The van der Waals surface area contributed by atoms with E-state index in [1.807, 2.05) is 13.8 Å². The summed E-state index contributed by atoms with van der Waals surface area (Å²) in [6.45, 7) is 11.5. The molecular formula is C13H27NO3Si. The normalized spacial score (nSPS) is 10.7. The zero-order valence-electron chi connectivity index (χ0n) is 12.0. The van der Waals surface area contributed by atoms with Gasteiger partial charge in [-0.15, -0.1) is 0 Å². The third-order valence-electron chi connectivity index (χ3n) is 2.49. The van der Waals surface area contributed by atoms with Crippen molar-refractivity contribution < 1.29 is 13.6 Å². The van der Waals surface area contributed by atoms with Crippen LogP contribution in [0.5, 0.6) is 0 Å². The highest BCUT2D eigenvalue weighted by Gasteiger charge is 2.10. The molecule has 0 atom stereocenters. The van der Waals surface area contributed by atoms with Gasteiger partial charge in [-0.2, -0.15) is 0 Å². The molecule has 0 aliphatic heterocycles. The molecule has 0 aliphatic rings. The number of carbonyl (C=O) groups is 1. The third kappa shape index (κ3) is 9.38. The summed E-state index contributed by atoms with van der Waals surface area (Å²) in [5.74, 6) is -0.0501. The van der Waals surface area contributed by atoms with Crippen LogP contribution < -0.4 is 5.32 Å². The Bertz CT molecular complexity index is 240. The van der Waals surface area contributed by atoms with Crippen LogP contribution in [0, 0.1) is 0 Å². The van der Waals surface area contributed by atoms with Gasteiger partial charge in [-0.25, -0.2) is 0 Å². The molecule has 0 aliphatic carbocycles. The number of amides is 1. The Morgan fingerprint density at radius 1 is 1.17 bits per heavy atom. The largest absolute Gasteiger partial charge is 0.397 e. The number of nitrogens with one attached hydrogen (secondary N) is 1. The monoisotopic (exact) mass is 273 g/mol. The van der Waals surface area contributed by atoms with Crippen LogP contribution in [0.25, 0.3) is 0 Å². The molecule has 1 amide bonds. The van der Waals surface area contributed by atoms with E-state index in [4.69, 9.17) is 8.85 Å². The van der Waals surface area contributed by atoms with E-state index < -0.39 is 9.28 Å². The van der Waals surface area contributed by atoms with Gasteiger partial charge in [0.05, 0.1) is 0 Å². The quantitative estimate of drug-likeness (QED) is 0.356. The van der Waals surface area contributed by atoms with Crippen LogP contribution in [0.2, 0.25) is 6.04 Å². The van der Waals surface area contributed by atoms with Crippen molar-refractivity contribution in [2.75, 3.05) is 19.8 Å². The number of rotatable bonds is 11. The van der Waals surface area contributed by atoms with Gasteiger partial charge in [-0.05, 0) is 33.2 Å². The molecule has 0 heterocycles. The van der Waals surface area contributed by atoms with E-state index >= 15 is 0 Å². The van der Waals surface area contributed by atoms with E-state index in [1.54, 1.807) is 6.92 Å². The molecule has 0 fully saturated rings. The van der Waals surface area contributed by atoms with Gasteiger partial charge < -0.3 is 14.2 Å². The maximum Gasteiger partial charge on any atom is 0.321 e. The predicted molar refractivity (Wildman–Crippen MR) is 76.9 cm³/mol. The van der Waals surface area contributed by atoms with E-state index in [2.05, 4.69) is 11.9 Å². The van der Waals surface area contributed by atoms with Gasteiger partial charge >= 0.3 is 9.28 Å². The second-order valence-corrected chi connectivity index (χ2v) is 6.33. The van der Waals surface area contributed by atoms with Crippen LogP contribution >= 0.6 is 0 Å². The summed E-state index contributed by atoms with van der Waals surface area (Å²) in [6, 6.07) is 1.05. The molecule has 5 heteroatoms. The van der Waals surface area contributed by atoms with Crippen molar-refractivity contribution in [1.82, 2.24) is 5.32 Å². The summed E-state index contributed by atoms with van der Waals surface area (Å²) >= 11 is 0. The first-order valence-corrected chi connectivity index (χ1v) is 8.54. The molecule has 106 valence electrons. The first-order chi connectivity index (χ1) is 8.61. The van der Waals surface area contributed by atoms with Crippen LogP contribution in [-0.4, -0.2) is 34.9 Å². The van der Waals surface area contributed by atoms with E-state index in [0.29, 0.717) is 5.57 Å². The van der Waals surface area contributed by atoms with Crippen molar-refractivity contribution in [2.45, 2.75) is 46.1 Å². The molecule has 0 aromatic carbocycles. The molecule has 0 unspecified atom stereocenters. The molecule has 4 nitrogen and oxygen atoms in total. The number of carbonyl (C=O) groups excluding carboxylic acids is 1.